The highest BCUT2D eigenvalue weighted by atomic mass is 32.1. The predicted molar refractivity (Wildman–Crippen MR) is 79.3 cm³/mol. The Morgan fingerprint density at radius 3 is 3.00 bits per heavy atom. The van der Waals surface area contributed by atoms with Gasteiger partial charge in [0.2, 0.25) is 5.91 Å². The first kappa shape index (κ1) is 14.7. The van der Waals surface area contributed by atoms with Crippen LogP contribution >= 0.6 is 11.3 Å². The van der Waals surface area contributed by atoms with Gasteiger partial charge in [-0.15, -0.1) is 11.3 Å². The van der Waals surface area contributed by atoms with Crippen LogP contribution < -0.4 is 5.32 Å². The number of rotatable bonds is 5. The average molecular weight is 320 g/mol. The molecule has 0 bridgehead atoms. The maximum Gasteiger partial charge on any atom is 0.324 e. The van der Waals surface area contributed by atoms with Gasteiger partial charge in [0, 0.05) is 30.6 Å². The van der Waals surface area contributed by atoms with Crippen molar-refractivity contribution in [3.05, 3.63) is 34.1 Å². The van der Waals surface area contributed by atoms with Gasteiger partial charge in [-0.25, -0.2) is 9.78 Å². The zero-order valence-corrected chi connectivity index (χ0v) is 12.9. The van der Waals surface area contributed by atoms with Crippen molar-refractivity contribution in [1.29, 1.82) is 0 Å². The molecule has 1 saturated heterocycles. The summed E-state index contributed by atoms with van der Waals surface area (Å²) in [6.07, 6.45) is 3.21. The van der Waals surface area contributed by atoms with Gasteiger partial charge in [-0.3, -0.25) is 9.69 Å². The predicted octanol–water partition coefficient (Wildman–Crippen LogP) is 2.06. The van der Waals surface area contributed by atoms with Gasteiger partial charge in [0.05, 0.1) is 18.2 Å². The number of thiazole rings is 1. The molecule has 116 valence electrons. The Morgan fingerprint density at radius 2 is 2.36 bits per heavy atom. The van der Waals surface area contributed by atoms with Crippen LogP contribution in [0.15, 0.2) is 22.2 Å². The summed E-state index contributed by atoms with van der Waals surface area (Å²) in [6.45, 7) is 2.22. The number of aromatic nitrogens is 2. The lowest BCUT2D eigenvalue weighted by atomic mass is 10.1. The lowest BCUT2D eigenvalue weighted by Crippen LogP contribution is -2.51. The van der Waals surface area contributed by atoms with Crippen LogP contribution in [-0.2, 0) is 11.2 Å². The fourth-order valence-corrected chi connectivity index (χ4v) is 3.09. The Balaban J connectivity index is 1.54. The van der Waals surface area contributed by atoms with E-state index in [1.807, 2.05) is 18.4 Å². The van der Waals surface area contributed by atoms with E-state index in [9.17, 15) is 9.59 Å². The molecule has 0 spiro atoms. The quantitative estimate of drug-likeness (QED) is 0.911. The minimum absolute atomic E-state index is 0.169. The molecule has 0 saturated carbocycles. The molecule has 3 rings (SSSR count). The number of amides is 3. The maximum absolute atomic E-state index is 12.2. The molecular weight excluding hydrogens is 304 g/mol. The molecule has 1 fully saturated rings. The molecule has 8 heteroatoms. The van der Waals surface area contributed by atoms with Gasteiger partial charge in [0.1, 0.15) is 10.8 Å². The number of urea groups is 1. The van der Waals surface area contributed by atoms with E-state index in [0.29, 0.717) is 19.4 Å². The van der Waals surface area contributed by atoms with Crippen molar-refractivity contribution in [2.75, 3.05) is 6.54 Å². The van der Waals surface area contributed by atoms with Crippen LogP contribution in [0.1, 0.15) is 35.3 Å². The summed E-state index contributed by atoms with van der Waals surface area (Å²) in [5.41, 5.74) is 0.827. The molecular formula is C14H16N4O3S. The standard InChI is InChI=1S/C14H16N4O3S/c1-9-7-10(21-17-9)3-2-5-18-12(19)8-11(16-14(18)20)13-15-4-6-22-13/h4,6-7,11H,2-3,5,8H2,1H3,(H,16,20). The van der Waals surface area contributed by atoms with E-state index >= 15 is 0 Å². The summed E-state index contributed by atoms with van der Waals surface area (Å²) >= 11 is 1.44. The van der Waals surface area contributed by atoms with E-state index in [0.717, 1.165) is 16.5 Å². The summed E-state index contributed by atoms with van der Waals surface area (Å²) in [5, 5.41) is 9.23. The van der Waals surface area contributed by atoms with E-state index in [1.165, 1.54) is 16.2 Å². The molecule has 1 aliphatic heterocycles. The average Bonchev–Trinajstić information content (AvgIpc) is 3.13. The molecule has 0 aromatic carbocycles. The first-order valence-corrected chi connectivity index (χ1v) is 7.94. The molecule has 1 N–H and O–H groups in total. The van der Waals surface area contributed by atoms with Crippen LogP contribution in [0.25, 0.3) is 0 Å². The van der Waals surface area contributed by atoms with Gasteiger partial charge < -0.3 is 9.84 Å². The molecule has 0 radical (unpaired) electrons. The number of imide groups is 1. The first-order chi connectivity index (χ1) is 10.6. The van der Waals surface area contributed by atoms with Crippen LogP contribution in [-0.4, -0.2) is 33.5 Å². The molecule has 1 aliphatic rings. The highest BCUT2D eigenvalue weighted by molar-refractivity contribution is 7.09. The van der Waals surface area contributed by atoms with Gasteiger partial charge in [-0.1, -0.05) is 5.16 Å². The van der Waals surface area contributed by atoms with Crippen molar-refractivity contribution >= 4 is 23.3 Å². The van der Waals surface area contributed by atoms with Gasteiger partial charge >= 0.3 is 6.03 Å². The molecule has 3 amide bonds. The van der Waals surface area contributed by atoms with Crippen molar-refractivity contribution in [3.8, 4) is 0 Å². The number of carbonyl (C=O) groups excluding carboxylic acids is 2. The van der Waals surface area contributed by atoms with Gasteiger partial charge in [0.25, 0.3) is 0 Å². The second kappa shape index (κ2) is 6.27. The van der Waals surface area contributed by atoms with E-state index in [2.05, 4.69) is 15.5 Å². The van der Waals surface area contributed by atoms with Crippen LogP contribution in [0.3, 0.4) is 0 Å². The van der Waals surface area contributed by atoms with E-state index in [-0.39, 0.29) is 24.4 Å². The zero-order chi connectivity index (χ0) is 15.5. The monoisotopic (exact) mass is 320 g/mol. The lowest BCUT2D eigenvalue weighted by Gasteiger charge is -2.30. The number of carbonyl (C=O) groups is 2. The van der Waals surface area contributed by atoms with Crippen molar-refractivity contribution in [2.45, 2.75) is 32.2 Å². The summed E-state index contributed by atoms with van der Waals surface area (Å²) in [7, 11) is 0. The van der Waals surface area contributed by atoms with E-state index in [1.54, 1.807) is 6.20 Å². The molecule has 2 aromatic heterocycles. The van der Waals surface area contributed by atoms with Crippen LogP contribution in [0.2, 0.25) is 0 Å². The molecule has 3 heterocycles. The van der Waals surface area contributed by atoms with Gasteiger partial charge in [-0.05, 0) is 13.3 Å². The second-order valence-electron chi connectivity index (χ2n) is 5.16. The molecule has 7 nitrogen and oxygen atoms in total. The van der Waals surface area contributed by atoms with Crippen molar-refractivity contribution in [1.82, 2.24) is 20.4 Å². The van der Waals surface area contributed by atoms with Crippen molar-refractivity contribution < 1.29 is 14.1 Å². The summed E-state index contributed by atoms with van der Waals surface area (Å²) in [4.78, 5) is 29.7. The van der Waals surface area contributed by atoms with Gasteiger partial charge in [-0.2, -0.15) is 0 Å². The number of nitrogens with zero attached hydrogens (tertiary/aromatic N) is 3. The third-order valence-electron chi connectivity index (χ3n) is 3.45. The first-order valence-electron chi connectivity index (χ1n) is 7.06. The molecule has 22 heavy (non-hydrogen) atoms. The molecule has 1 atom stereocenters. The second-order valence-corrected chi connectivity index (χ2v) is 6.09. The van der Waals surface area contributed by atoms with Crippen LogP contribution in [0.4, 0.5) is 4.79 Å². The zero-order valence-electron chi connectivity index (χ0n) is 12.1. The number of aryl methyl sites for hydroxylation is 2. The number of nitrogens with one attached hydrogen (secondary N) is 1. The van der Waals surface area contributed by atoms with Crippen molar-refractivity contribution in [2.24, 2.45) is 0 Å². The lowest BCUT2D eigenvalue weighted by molar-refractivity contribution is -0.130. The highest BCUT2D eigenvalue weighted by Gasteiger charge is 2.33. The van der Waals surface area contributed by atoms with Crippen LogP contribution in [0.5, 0.6) is 0 Å². The highest BCUT2D eigenvalue weighted by Crippen LogP contribution is 2.24. The summed E-state index contributed by atoms with van der Waals surface area (Å²) in [5.74, 6) is 0.598. The third kappa shape index (κ3) is 3.16. The minimum atomic E-state index is -0.356. The summed E-state index contributed by atoms with van der Waals surface area (Å²) in [6, 6.07) is 1.19. The topological polar surface area (TPSA) is 88.3 Å². The Bertz CT molecular complexity index is 649. The largest absolute Gasteiger partial charge is 0.361 e. The Morgan fingerprint density at radius 1 is 1.50 bits per heavy atom. The normalized spacial score (nSPS) is 18.6. The number of hydrogen-bond acceptors (Lipinski definition) is 6. The molecule has 0 aliphatic carbocycles. The Labute approximate surface area is 131 Å². The minimum Gasteiger partial charge on any atom is -0.361 e. The van der Waals surface area contributed by atoms with Crippen LogP contribution in [0, 0.1) is 6.92 Å². The smallest absolute Gasteiger partial charge is 0.324 e. The fraction of sp³-hybridized carbons (Fsp3) is 0.429. The Kier molecular flexibility index (Phi) is 4.19. The molecule has 1 unspecified atom stereocenters. The summed E-state index contributed by atoms with van der Waals surface area (Å²) < 4.78 is 5.11. The maximum atomic E-state index is 12.2. The number of hydrogen-bond donors (Lipinski definition) is 1. The SMILES string of the molecule is Cc1cc(CCCN2C(=O)CC(c3nccs3)NC2=O)on1. The van der Waals surface area contributed by atoms with Gasteiger partial charge in [0.15, 0.2) is 0 Å². The molecule has 2 aromatic rings. The van der Waals surface area contributed by atoms with Crippen molar-refractivity contribution in [3.63, 3.8) is 0 Å². The third-order valence-corrected chi connectivity index (χ3v) is 4.34. The van der Waals surface area contributed by atoms with E-state index in [4.69, 9.17) is 4.52 Å². The fourth-order valence-electron chi connectivity index (χ4n) is 2.40. The van der Waals surface area contributed by atoms with E-state index < -0.39 is 0 Å². The Hall–Kier alpha value is -2.22.